The first kappa shape index (κ1) is 12.0. The minimum Gasteiger partial charge on any atom is -0.410 e. The van der Waals surface area contributed by atoms with E-state index in [1.165, 1.54) is 5.41 Å². The van der Waals surface area contributed by atoms with E-state index in [0.29, 0.717) is 11.5 Å². The minimum absolute atomic E-state index is 0.148. The Balaban J connectivity index is 4.52. The number of thioether (sulfide) groups is 1. The van der Waals surface area contributed by atoms with Gasteiger partial charge >= 0.3 is 0 Å². The fourth-order valence-electron chi connectivity index (χ4n) is 0.907. The molecule has 0 saturated heterocycles. The fraction of sp³-hybridized carbons (Fsp3) is 0.500. The predicted octanol–water partition coefficient (Wildman–Crippen LogP) is 1.42. The highest BCUT2D eigenvalue weighted by molar-refractivity contribution is 8.16. The molecule has 0 aliphatic carbocycles. The summed E-state index contributed by atoms with van der Waals surface area (Å²) in [5.41, 5.74) is 0. The van der Waals surface area contributed by atoms with Crippen molar-refractivity contribution in [1.29, 1.82) is 0 Å². The number of nitrogens with zero attached hydrogens (tertiary/aromatic N) is 1. The number of amides is 1. The van der Waals surface area contributed by atoms with Crippen molar-refractivity contribution in [3.63, 3.8) is 0 Å². The standard InChI is InChI=1S/C8H14N2O2S/c1-4-6(7(11)9-3)8(10-12)13-5-2/h5-6,12H,2,4H2,1,3H3,(H,9,11). The van der Waals surface area contributed by atoms with E-state index in [1.807, 2.05) is 6.92 Å². The normalized spacial score (nSPS) is 13.5. The largest absolute Gasteiger partial charge is 0.410 e. The molecule has 0 heterocycles. The van der Waals surface area contributed by atoms with E-state index in [9.17, 15) is 4.79 Å². The maximum absolute atomic E-state index is 11.3. The Bertz CT molecular complexity index is 216. The van der Waals surface area contributed by atoms with Gasteiger partial charge in [-0.3, -0.25) is 4.79 Å². The third-order valence-corrected chi connectivity index (χ3v) is 2.35. The van der Waals surface area contributed by atoms with Gasteiger partial charge in [-0.05, 0) is 11.8 Å². The molecule has 0 rings (SSSR count). The van der Waals surface area contributed by atoms with Crippen LogP contribution in [-0.2, 0) is 4.79 Å². The Hall–Kier alpha value is -0.970. The van der Waals surface area contributed by atoms with Crippen molar-refractivity contribution in [2.45, 2.75) is 13.3 Å². The predicted molar refractivity (Wildman–Crippen MR) is 54.9 cm³/mol. The molecular weight excluding hydrogens is 188 g/mol. The van der Waals surface area contributed by atoms with Crippen LogP contribution in [0.25, 0.3) is 0 Å². The smallest absolute Gasteiger partial charge is 0.229 e. The first-order valence-electron chi connectivity index (χ1n) is 3.92. The number of hydrogen-bond acceptors (Lipinski definition) is 4. The van der Waals surface area contributed by atoms with Crippen molar-refractivity contribution in [3.05, 3.63) is 12.0 Å². The Morgan fingerprint density at radius 1 is 1.85 bits per heavy atom. The van der Waals surface area contributed by atoms with Crippen LogP contribution in [0.2, 0.25) is 0 Å². The highest BCUT2D eigenvalue weighted by atomic mass is 32.2. The van der Waals surface area contributed by atoms with Gasteiger partial charge in [0.15, 0.2) is 0 Å². The Morgan fingerprint density at radius 2 is 2.46 bits per heavy atom. The Morgan fingerprint density at radius 3 is 2.77 bits per heavy atom. The van der Waals surface area contributed by atoms with Gasteiger partial charge in [-0.25, -0.2) is 0 Å². The summed E-state index contributed by atoms with van der Waals surface area (Å²) in [6, 6.07) is 0. The molecule has 1 atom stereocenters. The third kappa shape index (κ3) is 3.50. The number of oxime groups is 1. The molecule has 13 heavy (non-hydrogen) atoms. The quantitative estimate of drug-likeness (QED) is 0.314. The van der Waals surface area contributed by atoms with Crippen molar-refractivity contribution >= 4 is 22.7 Å². The van der Waals surface area contributed by atoms with Gasteiger partial charge < -0.3 is 10.5 Å². The van der Waals surface area contributed by atoms with Gasteiger partial charge in [0.1, 0.15) is 5.04 Å². The first-order valence-corrected chi connectivity index (χ1v) is 4.80. The molecule has 0 aromatic carbocycles. The molecule has 0 aliphatic rings. The van der Waals surface area contributed by atoms with Gasteiger partial charge in [-0.1, -0.05) is 30.4 Å². The molecule has 2 N–H and O–H groups in total. The van der Waals surface area contributed by atoms with E-state index in [0.717, 1.165) is 11.8 Å². The van der Waals surface area contributed by atoms with Gasteiger partial charge in [-0.2, -0.15) is 0 Å². The first-order chi connectivity index (χ1) is 6.21. The molecule has 0 aromatic rings. The van der Waals surface area contributed by atoms with Crippen LogP contribution < -0.4 is 5.32 Å². The molecule has 0 saturated carbocycles. The lowest BCUT2D eigenvalue weighted by molar-refractivity contribution is -0.122. The topological polar surface area (TPSA) is 61.7 Å². The Labute approximate surface area is 82.1 Å². The van der Waals surface area contributed by atoms with E-state index in [-0.39, 0.29) is 5.91 Å². The number of carbonyl (C=O) groups excluding carboxylic acids is 1. The second-order valence-corrected chi connectivity index (χ2v) is 3.29. The van der Waals surface area contributed by atoms with Gasteiger partial charge in [0.25, 0.3) is 0 Å². The molecule has 5 heteroatoms. The lowest BCUT2D eigenvalue weighted by Crippen LogP contribution is -2.31. The van der Waals surface area contributed by atoms with Crippen LogP contribution in [0, 0.1) is 5.92 Å². The van der Waals surface area contributed by atoms with Crippen LogP contribution in [-0.4, -0.2) is 23.2 Å². The third-order valence-electron chi connectivity index (χ3n) is 1.57. The number of hydrogen-bond donors (Lipinski definition) is 2. The summed E-state index contributed by atoms with van der Waals surface area (Å²) in [5.74, 6) is -0.539. The minimum atomic E-state index is -0.391. The van der Waals surface area contributed by atoms with Crippen LogP contribution in [0.5, 0.6) is 0 Å². The fourth-order valence-corrected chi connectivity index (χ4v) is 1.56. The van der Waals surface area contributed by atoms with E-state index in [4.69, 9.17) is 5.21 Å². The van der Waals surface area contributed by atoms with Crippen molar-refractivity contribution in [3.8, 4) is 0 Å². The van der Waals surface area contributed by atoms with Gasteiger partial charge in [0.05, 0.1) is 5.92 Å². The SMILES string of the molecule is C=CSC(=NO)C(CC)C(=O)NC. The molecule has 0 spiro atoms. The monoisotopic (exact) mass is 202 g/mol. The average molecular weight is 202 g/mol. The molecule has 0 aliphatic heterocycles. The summed E-state index contributed by atoms with van der Waals surface area (Å²) >= 11 is 1.16. The Kier molecular flexibility index (Phi) is 6.05. The van der Waals surface area contributed by atoms with Crippen LogP contribution in [0.3, 0.4) is 0 Å². The number of nitrogens with one attached hydrogen (secondary N) is 1. The molecular formula is C8H14N2O2S. The zero-order valence-electron chi connectivity index (χ0n) is 7.78. The lowest BCUT2D eigenvalue weighted by atomic mass is 10.1. The number of carbonyl (C=O) groups is 1. The molecule has 0 bridgehead atoms. The summed E-state index contributed by atoms with van der Waals surface area (Å²) in [7, 11) is 1.55. The zero-order chi connectivity index (χ0) is 10.3. The average Bonchev–Trinajstić information content (AvgIpc) is 2.17. The van der Waals surface area contributed by atoms with Crippen LogP contribution in [0.15, 0.2) is 17.1 Å². The van der Waals surface area contributed by atoms with Crippen molar-refractivity contribution in [2.24, 2.45) is 11.1 Å². The highest BCUT2D eigenvalue weighted by Gasteiger charge is 2.21. The van der Waals surface area contributed by atoms with Crippen LogP contribution in [0.1, 0.15) is 13.3 Å². The van der Waals surface area contributed by atoms with Crippen molar-refractivity contribution < 1.29 is 10.0 Å². The molecule has 1 unspecified atom stereocenters. The van der Waals surface area contributed by atoms with Gasteiger partial charge in [0.2, 0.25) is 5.91 Å². The van der Waals surface area contributed by atoms with Crippen LogP contribution in [0.4, 0.5) is 0 Å². The van der Waals surface area contributed by atoms with Crippen molar-refractivity contribution in [1.82, 2.24) is 5.32 Å². The number of rotatable bonds is 4. The van der Waals surface area contributed by atoms with Gasteiger partial charge in [0, 0.05) is 7.05 Å². The molecule has 74 valence electrons. The molecule has 4 nitrogen and oxygen atoms in total. The molecule has 0 aromatic heterocycles. The van der Waals surface area contributed by atoms with E-state index < -0.39 is 5.92 Å². The summed E-state index contributed by atoms with van der Waals surface area (Å²) < 4.78 is 0. The van der Waals surface area contributed by atoms with Crippen molar-refractivity contribution in [2.75, 3.05) is 7.05 Å². The molecule has 0 radical (unpaired) electrons. The van der Waals surface area contributed by atoms with E-state index >= 15 is 0 Å². The molecule has 0 fully saturated rings. The molecule has 1 amide bonds. The lowest BCUT2D eigenvalue weighted by Gasteiger charge is -2.12. The summed E-state index contributed by atoms with van der Waals surface area (Å²) in [6.07, 6.45) is 0.597. The second kappa shape index (κ2) is 6.54. The summed E-state index contributed by atoms with van der Waals surface area (Å²) in [6.45, 7) is 5.35. The van der Waals surface area contributed by atoms with Crippen LogP contribution >= 0.6 is 11.8 Å². The van der Waals surface area contributed by atoms with E-state index in [2.05, 4.69) is 17.1 Å². The zero-order valence-corrected chi connectivity index (χ0v) is 8.60. The van der Waals surface area contributed by atoms with E-state index in [1.54, 1.807) is 7.05 Å². The maximum Gasteiger partial charge on any atom is 0.229 e. The highest BCUT2D eigenvalue weighted by Crippen LogP contribution is 2.16. The van der Waals surface area contributed by atoms with Gasteiger partial charge in [-0.15, -0.1) is 0 Å². The maximum atomic E-state index is 11.3. The second-order valence-electron chi connectivity index (χ2n) is 2.30. The summed E-state index contributed by atoms with van der Waals surface area (Å²) in [4.78, 5) is 11.3. The summed E-state index contributed by atoms with van der Waals surface area (Å²) in [5, 5.41) is 16.1.